The molecule has 2 aliphatic heterocycles. The Morgan fingerprint density at radius 3 is 1.00 bits per heavy atom. The number of esters is 4. The van der Waals surface area contributed by atoms with Crippen LogP contribution >= 0.6 is 0 Å². The molecular weight excluding hydrogens is 504 g/mol. The Morgan fingerprint density at radius 2 is 0.769 bits per heavy atom. The summed E-state index contributed by atoms with van der Waals surface area (Å²) in [5.74, 6) is -1.77. The van der Waals surface area contributed by atoms with Gasteiger partial charge in [-0.1, -0.05) is 24.3 Å². The Kier molecular flexibility index (Phi) is 8.73. The van der Waals surface area contributed by atoms with E-state index in [0.29, 0.717) is 6.42 Å². The van der Waals surface area contributed by atoms with E-state index in [9.17, 15) is 19.2 Å². The molecule has 0 bridgehead atoms. The van der Waals surface area contributed by atoms with Crippen molar-refractivity contribution >= 4 is 35.3 Å². The average molecular weight is 539 g/mol. The average Bonchev–Trinajstić information content (AvgIpc) is 3.83. The lowest BCUT2D eigenvalue weighted by atomic mass is 10.0. The first kappa shape index (κ1) is 27.9. The van der Waals surface area contributed by atoms with E-state index in [4.69, 9.17) is 18.9 Å². The van der Waals surface area contributed by atoms with E-state index in [-0.39, 0.29) is 26.4 Å². The first-order chi connectivity index (χ1) is 18.9. The molecule has 0 radical (unpaired) electrons. The van der Waals surface area contributed by atoms with Gasteiger partial charge in [-0.15, -0.1) is 0 Å². The third kappa shape index (κ3) is 6.00. The number of hydrogen-bond acceptors (Lipinski definition) is 10. The maximum absolute atomic E-state index is 12.4. The molecule has 0 amide bonds. The third-order valence-electron chi connectivity index (χ3n) is 6.61. The molecule has 2 fully saturated rings. The molecule has 4 atom stereocenters. The van der Waals surface area contributed by atoms with Crippen molar-refractivity contribution in [3.8, 4) is 0 Å². The summed E-state index contributed by atoms with van der Waals surface area (Å²) >= 11 is 0. The number of anilines is 2. The Labute approximate surface area is 227 Å². The van der Waals surface area contributed by atoms with Gasteiger partial charge in [-0.05, 0) is 69.5 Å². The van der Waals surface area contributed by atoms with Gasteiger partial charge in [-0.25, -0.2) is 19.2 Å². The summed E-state index contributed by atoms with van der Waals surface area (Å²) in [5.41, 5.74) is 3.55. The van der Waals surface area contributed by atoms with Crippen LogP contribution in [0.4, 0.5) is 11.4 Å². The number of carbonyl (C=O) groups excluding carboxylic acids is 4. The fourth-order valence-corrected chi connectivity index (χ4v) is 4.79. The number of carbonyl (C=O) groups is 4. The second kappa shape index (κ2) is 12.2. The molecule has 2 heterocycles. The van der Waals surface area contributed by atoms with Crippen LogP contribution in [0.2, 0.25) is 0 Å². The SMILES string of the molecule is CCOC(=O)[C@@H]1[C@H](C(=O)OCC)N1c1ccc(Cc2ccc(N3[C@@H](C(=O)OCC)[C@@H]3C(=O)OCC)cc2)cc1. The van der Waals surface area contributed by atoms with E-state index in [2.05, 4.69) is 0 Å². The minimum atomic E-state index is -0.684. The van der Waals surface area contributed by atoms with Crippen molar-refractivity contribution in [1.29, 1.82) is 0 Å². The maximum Gasteiger partial charge on any atom is 0.331 e. The van der Waals surface area contributed by atoms with Crippen LogP contribution in [0.25, 0.3) is 0 Å². The molecule has 0 spiro atoms. The highest BCUT2D eigenvalue weighted by Gasteiger charge is 2.60. The lowest BCUT2D eigenvalue weighted by molar-refractivity contribution is -0.147. The first-order valence-electron chi connectivity index (χ1n) is 13.3. The van der Waals surface area contributed by atoms with E-state index >= 15 is 0 Å². The van der Waals surface area contributed by atoms with Crippen LogP contribution < -0.4 is 9.80 Å². The molecule has 208 valence electrons. The zero-order valence-corrected chi connectivity index (χ0v) is 22.6. The van der Waals surface area contributed by atoms with E-state index in [0.717, 1.165) is 22.5 Å². The van der Waals surface area contributed by atoms with Gasteiger partial charge in [0, 0.05) is 11.4 Å². The predicted octanol–water partition coefficient (Wildman–Crippen LogP) is 2.64. The van der Waals surface area contributed by atoms with Crippen LogP contribution in [-0.4, -0.2) is 74.5 Å². The molecule has 0 N–H and O–H groups in total. The Morgan fingerprint density at radius 1 is 0.513 bits per heavy atom. The summed E-state index contributed by atoms with van der Waals surface area (Å²) < 4.78 is 20.5. The summed E-state index contributed by atoms with van der Waals surface area (Å²) in [7, 11) is 0. The fourth-order valence-electron chi connectivity index (χ4n) is 4.79. The lowest BCUT2D eigenvalue weighted by Gasteiger charge is -2.10. The van der Waals surface area contributed by atoms with Gasteiger partial charge in [0.2, 0.25) is 0 Å². The van der Waals surface area contributed by atoms with Crippen molar-refractivity contribution < 1.29 is 38.1 Å². The third-order valence-corrected chi connectivity index (χ3v) is 6.61. The highest BCUT2D eigenvalue weighted by atomic mass is 16.6. The normalized spacial score (nSPS) is 21.1. The highest BCUT2D eigenvalue weighted by molar-refractivity contribution is 6.01. The van der Waals surface area contributed by atoms with Crippen LogP contribution in [0.5, 0.6) is 0 Å². The van der Waals surface area contributed by atoms with Gasteiger partial charge in [0.05, 0.1) is 26.4 Å². The van der Waals surface area contributed by atoms with E-state index in [1.165, 1.54) is 0 Å². The Bertz CT molecular complexity index is 1060. The van der Waals surface area contributed by atoms with Crippen molar-refractivity contribution in [1.82, 2.24) is 0 Å². The molecule has 0 aliphatic carbocycles. The van der Waals surface area contributed by atoms with Gasteiger partial charge >= 0.3 is 23.9 Å². The van der Waals surface area contributed by atoms with Gasteiger partial charge in [-0.3, -0.25) is 0 Å². The molecule has 0 saturated carbocycles. The number of ether oxygens (including phenoxy) is 4. The summed E-state index contributed by atoms with van der Waals surface area (Å²) in [6, 6.07) is 12.6. The zero-order chi connectivity index (χ0) is 28.1. The molecule has 2 aliphatic rings. The molecule has 2 aromatic carbocycles. The number of nitrogens with zero attached hydrogens (tertiary/aromatic N) is 2. The minimum Gasteiger partial charge on any atom is -0.464 e. The number of rotatable bonds is 12. The minimum absolute atomic E-state index is 0.237. The van der Waals surface area contributed by atoms with Crippen LogP contribution in [-0.2, 0) is 44.5 Å². The van der Waals surface area contributed by atoms with Crippen molar-refractivity contribution in [2.75, 3.05) is 36.2 Å². The summed E-state index contributed by atoms with van der Waals surface area (Å²) in [4.78, 5) is 52.8. The van der Waals surface area contributed by atoms with E-state index in [1.54, 1.807) is 37.5 Å². The largest absolute Gasteiger partial charge is 0.464 e. The molecule has 10 nitrogen and oxygen atoms in total. The van der Waals surface area contributed by atoms with Gasteiger partial charge in [0.15, 0.2) is 24.2 Å². The van der Waals surface area contributed by atoms with E-state index in [1.807, 2.05) is 48.5 Å². The summed E-state index contributed by atoms with van der Waals surface area (Å²) in [6.45, 7) is 7.86. The topological polar surface area (TPSA) is 111 Å². The molecule has 2 aromatic rings. The van der Waals surface area contributed by atoms with Gasteiger partial charge < -0.3 is 28.7 Å². The van der Waals surface area contributed by atoms with Crippen LogP contribution in [0.3, 0.4) is 0 Å². The fraction of sp³-hybridized carbons (Fsp3) is 0.448. The standard InChI is InChI=1S/C29H34N2O8/c1-5-36-26(32)22-23(27(33)37-6-2)30(22)20-13-9-18(10-14-20)17-19-11-15-21(16-12-19)31-24(28(34)38-7-3)25(31)29(35)39-8-4/h9-16,22-25H,5-8,17H2,1-4H3/t22-,23-,24-,25+,31?/m1/s1. The van der Waals surface area contributed by atoms with Crippen LogP contribution in [0.15, 0.2) is 48.5 Å². The molecule has 2 saturated heterocycles. The van der Waals surface area contributed by atoms with Crippen molar-refractivity contribution in [3.63, 3.8) is 0 Å². The summed E-state index contributed by atoms with van der Waals surface area (Å²) in [6.07, 6.45) is 0.645. The van der Waals surface area contributed by atoms with Gasteiger partial charge in [0.1, 0.15) is 0 Å². The smallest absolute Gasteiger partial charge is 0.331 e. The maximum atomic E-state index is 12.4. The van der Waals surface area contributed by atoms with Crippen LogP contribution in [0, 0.1) is 0 Å². The van der Waals surface area contributed by atoms with Gasteiger partial charge in [0.25, 0.3) is 0 Å². The molecular formula is C29H34N2O8. The van der Waals surface area contributed by atoms with Gasteiger partial charge in [-0.2, -0.15) is 0 Å². The van der Waals surface area contributed by atoms with Crippen molar-refractivity contribution in [2.45, 2.75) is 58.3 Å². The molecule has 0 aromatic heterocycles. The predicted molar refractivity (Wildman–Crippen MR) is 142 cm³/mol. The molecule has 0 unspecified atom stereocenters. The monoisotopic (exact) mass is 538 g/mol. The molecule has 10 heteroatoms. The Balaban J connectivity index is 1.42. The molecule has 39 heavy (non-hydrogen) atoms. The van der Waals surface area contributed by atoms with Crippen LogP contribution in [0.1, 0.15) is 38.8 Å². The second-order valence-electron chi connectivity index (χ2n) is 9.11. The lowest BCUT2D eigenvalue weighted by Crippen LogP contribution is -2.20. The second-order valence-corrected chi connectivity index (χ2v) is 9.11. The van der Waals surface area contributed by atoms with Crippen molar-refractivity contribution in [2.24, 2.45) is 0 Å². The number of benzene rings is 2. The highest BCUT2D eigenvalue weighted by Crippen LogP contribution is 2.38. The molecule has 4 rings (SSSR count). The van der Waals surface area contributed by atoms with Crippen molar-refractivity contribution in [3.05, 3.63) is 59.7 Å². The summed E-state index contributed by atoms with van der Waals surface area (Å²) in [5, 5.41) is 0. The quantitative estimate of drug-likeness (QED) is 0.227. The first-order valence-corrected chi connectivity index (χ1v) is 13.3. The zero-order valence-electron chi connectivity index (χ0n) is 22.6. The van der Waals surface area contributed by atoms with E-state index < -0.39 is 48.0 Å². The Hall–Kier alpha value is -4.08. The number of hydrogen-bond donors (Lipinski definition) is 0.